The highest BCUT2D eigenvalue weighted by Gasteiger charge is 2.26. The maximum atomic E-state index is 11.0. The maximum absolute atomic E-state index is 11.0. The normalized spacial score (nSPS) is 14.0. The summed E-state index contributed by atoms with van der Waals surface area (Å²) in [7, 11) is 0. The van der Waals surface area contributed by atoms with Gasteiger partial charge in [-0.15, -0.1) is 6.42 Å². The Bertz CT molecular complexity index is 506. The van der Waals surface area contributed by atoms with Crippen molar-refractivity contribution in [3.8, 4) is 12.3 Å². The largest absolute Gasteiger partial charge is 0.478 e. The van der Waals surface area contributed by atoms with Gasteiger partial charge in [-0.25, -0.2) is 9.78 Å². The molecule has 0 unspecified atom stereocenters. The van der Waals surface area contributed by atoms with Gasteiger partial charge in [-0.1, -0.05) is 17.5 Å². The lowest BCUT2D eigenvalue weighted by atomic mass is 10.2. The van der Waals surface area contributed by atoms with E-state index in [2.05, 4.69) is 10.9 Å². The lowest BCUT2D eigenvalue weighted by Gasteiger charge is -2.22. The number of anilines is 1. The fourth-order valence-electron chi connectivity index (χ4n) is 1.77. The summed E-state index contributed by atoms with van der Waals surface area (Å²) >= 11 is 6.08. The molecule has 1 N–H and O–H groups in total. The minimum absolute atomic E-state index is 0.0551. The van der Waals surface area contributed by atoms with Gasteiger partial charge >= 0.3 is 5.97 Å². The van der Waals surface area contributed by atoms with Gasteiger partial charge in [0.1, 0.15) is 5.82 Å². The van der Waals surface area contributed by atoms with E-state index < -0.39 is 5.97 Å². The maximum Gasteiger partial charge on any atom is 0.337 e. The van der Waals surface area contributed by atoms with Gasteiger partial charge in [-0.05, 0) is 24.8 Å². The lowest BCUT2D eigenvalue weighted by molar-refractivity contribution is 0.0697. The van der Waals surface area contributed by atoms with E-state index in [4.69, 9.17) is 23.1 Å². The van der Waals surface area contributed by atoms with Crippen LogP contribution in [-0.2, 0) is 0 Å². The minimum Gasteiger partial charge on any atom is -0.478 e. The smallest absolute Gasteiger partial charge is 0.337 e. The Balaban J connectivity index is 2.31. The lowest BCUT2D eigenvalue weighted by Crippen LogP contribution is -2.27. The highest BCUT2D eigenvalue weighted by molar-refractivity contribution is 6.35. The van der Waals surface area contributed by atoms with Crippen LogP contribution in [0.15, 0.2) is 12.3 Å². The van der Waals surface area contributed by atoms with E-state index in [9.17, 15) is 4.79 Å². The summed E-state index contributed by atoms with van der Waals surface area (Å²) in [6.45, 7) is 1.16. The first-order valence-corrected chi connectivity index (χ1v) is 6.07. The predicted molar refractivity (Wildman–Crippen MR) is 70.0 cm³/mol. The van der Waals surface area contributed by atoms with Crippen molar-refractivity contribution < 1.29 is 9.90 Å². The monoisotopic (exact) mass is 264 g/mol. The highest BCUT2D eigenvalue weighted by atomic mass is 35.5. The highest BCUT2D eigenvalue weighted by Crippen LogP contribution is 2.33. The third kappa shape index (κ3) is 2.74. The van der Waals surface area contributed by atoms with Gasteiger partial charge < -0.3 is 10.0 Å². The predicted octanol–water partition coefficient (Wildman–Crippen LogP) is 2.28. The van der Waals surface area contributed by atoms with E-state index in [-0.39, 0.29) is 10.6 Å². The fourth-order valence-corrected chi connectivity index (χ4v) is 2.08. The van der Waals surface area contributed by atoms with E-state index in [0.29, 0.717) is 18.3 Å². The Morgan fingerprint density at radius 1 is 1.67 bits per heavy atom. The number of terminal acetylenes is 1. The molecule has 1 aromatic rings. The van der Waals surface area contributed by atoms with E-state index >= 15 is 0 Å². The number of hydrogen-bond acceptors (Lipinski definition) is 3. The number of aromatic carboxylic acids is 1. The molecule has 1 aromatic heterocycles. The Morgan fingerprint density at radius 3 is 2.94 bits per heavy atom. The number of rotatable bonds is 5. The molecule has 94 valence electrons. The second-order valence-corrected chi connectivity index (χ2v) is 4.71. The molecule has 0 aromatic carbocycles. The molecule has 0 amide bonds. The van der Waals surface area contributed by atoms with Crippen molar-refractivity contribution in [2.45, 2.75) is 12.8 Å². The molecule has 0 radical (unpaired) electrons. The molecule has 1 fully saturated rings. The Kier molecular flexibility index (Phi) is 3.73. The van der Waals surface area contributed by atoms with Crippen molar-refractivity contribution in [2.75, 3.05) is 18.0 Å². The Labute approximate surface area is 111 Å². The van der Waals surface area contributed by atoms with Crippen LogP contribution >= 0.6 is 11.6 Å². The number of nitrogens with zero attached hydrogens (tertiary/aromatic N) is 2. The van der Waals surface area contributed by atoms with E-state index in [1.165, 1.54) is 25.1 Å². The molecule has 2 rings (SSSR count). The molecule has 4 nitrogen and oxygen atoms in total. The second kappa shape index (κ2) is 5.28. The van der Waals surface area contributed by atoms with Crippen LogP contribution < -0.4 is 4.90 Å². The SMILES string of the molecule is C#CCN(CC1CC1)c1nccc(C(=O)O)c1Cl. The zero-order chi connectivity index (χ0) is 13.1. The standard InChI is InChI=1S/C13H13ClN2O2/c1-2-7-16(8-9-3-4-9)12-11(14)10(13(17)18)5-6-15-12/h1,5-6,9H,3-4,7-8H2,(H,17,18). The average Bonchev–Trinajstić information content (AvgIpc) is 3.12. The number of hydrogen-bond donors (Lipinski definition) is 1. The van der Waals surface area contributed by atoms with Crippen LogP contribution in [0.4, 0.5) is 5.82 Å². The summed E-state index contributed by atoms with van der Waals surface area (Å²) in [4.78, 5) is 17.0. The van der Waals surface area contributed by atoms with Gasteiger partial charge in [0.2, 0.25) is 0 Å². The quantitative estimate of drug-likeness (QED) is 0.829. The average molecular weight is 265 g/mol. The first-order chi connectivity index (χ1) is 8.63. The molecule has 5 heteroatoms. The van der Waals surface area contributed by atoms with E-state index in [1.54, 1.807) is 0 Å². The number of halogens is 1. The van der Waals surface area contributed by atoms with Gasteiger partial charge in [0.15, 0.2) is 0 Å². The summed E-state index contributed by atoms with van der Waals surface area (Å²) in [6.07, 6.45) is 9.13. The molecule has 0 bridgehead atoms. The van der Waals surface area contributed by atoms with E-state index in [1.807, 2.05) is 4.90 Å². The molecule has 0 atom stereocenters. The van der Waals surface area contributed by atoms with Crippen molar-refractivity contribution in [2.24, 2.45) is 5.92 Å². The molecule has 0 spiro atoms. The Hall–Kier alpha value is -1.73. The van der Waals surface area contributed by atoms with Crippen LogP contribution in [0.5, 0.6) is 0 Å². The van der Waals surface area contributed by atoms with Crippen LogP contribution in [0.3, 0.4) is 0 Å². The van der Waals surface area contributed by atoms with Crippen LogP contribution in [0, 0.1) is 18.3 Å². The molecule has 0 saturated heterocycles. The van der Waals surface area contributed by atoms with Crippen molar-refractivity contribution >= 4 is 23.4 Å². The fraction of sp³-hybridized carbons (Fsp3) is 0.385. The zero-order valence-corrected chi connectivity index (χ0v) is 10.5. The number of carboxylic acids is 1. The number of carbonyl (C=O) groups is 1. The number of aromatic nitrogens is 1. The number of carboxylic acid groups (broad SMARTS) is 1. The van der Waals surface area contributed by atoms with Crippen molar-refractivity contribution in [1.29, 1.82) is 0 Å². The van der Waals surface area contributed by atoms with Crippen molar-refractivity contribution in [3.63, 3.8) is 0 Å². The summed E-state index contributed by atoms with van der Waals surface area (Å²) < 4.78 is 0. The molecule has 1 aliphatic carbocycles. The Morgan fingerprint density at radius 2 is 2.39 bits per heavy atom. The summed E-state index contributed by atoms with van der Waals surface area (Å²) in [5.74, 6) is 2.57. The van der Waals surface area contributed by atoms with Crippen molar-refractivity contribution in [1.82, 2.24) is 4.98 Å². The molecule has 1 saturated carbocycles. The third-order valence-corrected chi connectivity index (χ3v) is 3.23. The molecular weight excluding hydrogens is 252 g/mol. The minimum atomic E-state index is -1.06. The van der Waals surface area contributed by atoms with Crippen LogP contribution in [-0.4, -0.2) is 29.1 Å². The van der Waals surface area contributed by atoms with Gasteiger partial charge in [0.05, 0.1) is 17.1 Å². The van der Waals surface area contributed by atoms with E-state index in [0.717, 1.165) is 6.54 Å². The molecule has 1 heterocycles. The molecular formula is C13H13ClN2O2. The van der Waals surface area contributed by atoms with Crippen LogP contribution in [0.25, 0.3) is 0 Å². The summed E-state index contributed by atoms with van der Waals surface area (Å²) in [6, 6.07) is 1.39. The van der Waals surface area contributed by atoms with Crippen LogP contribution in [0.2, 0.25) is 5.02 Å². The van der Waals surface area contributed by atoms with Gasteiger partial charge in [-0.3, -0.25) is 0 Å². The first kappa shape index (κ1) is 12.7. The van der Waals surface area contributed by atoms with Gasteiger partial charge in [0, 0.05) is 12.7 Å². The number of pyridine rings is 1. The topological polar surface area (TPSA) is 53.4 Å². The first-order valence-electron chi connectivity index (χ1n) is 5.69. The van der Waals surface area contributed by atoms with Gasteiger partial charge in [-0.2, -0.15) is 0 Å². The van der Waals surface area contributed by atoms with Crippen molar-refractivity contribution in [3.05, 3.63) is 22.8 Å². The molecule has 0 aliphatic heterocycles. The molecule has 18 heavy (non-hydrogen) atoms. The summed E-state index contributed by atoms with van der Waals surface area (Å²) in [5.41, 5.74) is 0.0551. The third-order valence-electron chi connectivity index (χ3n) is 2.86. The van der Waals surface area contributed by atoms with Gasteiger partial charge in [0.25, 0.3) is 0 Å². The summed E-state index contributed by atoms with van der Waals surface area (Å²) in [5, 5.41) is 9.18. The second-order valence-electron chi connectivity index (χ2n) is 4.33. The van der Waals surface area contributed by atoms with Crippen LogP contribution in [0.1, 0.15) is 23.2 Å². The molecule has 1 aliphatic rings. The zero-order valence-electron chi connectivity index (χ0n) is 9.77.